The number of halogens is 1. The van der Waals surface area contributed by atoms with Crippen molar-refractivity contribution < 1.29 is 0 Å². The van der Waals surface area contributed by atoms with Gasteiger partial charge in [0.05, 0.1) is 4.70 Å². The highest BCUT2D eigenvalue weighted by Crippen LogP contribution is 2.38. The molecule has 3 aromatic rings. The van der Waals surface area contributed by atoms with E-state index in [2.05, 4.69) is 46.9 Å². The Balaban J connectivity index is 2.63. The Kier molecular flexibility index (Phi) is 2.10. The van der Waals surface area contributed by atoms with Crippen LogP contribution in [-0.4, -0.2) is 0 Å². The molecule has 1 nitrogen and oxygen atoms in total. The number of hydrogen-bond donors (Lipinski definition) is 1. The van der Waals surface area contributed by atoms with Crippen molar-refractivity contribution in [3.63, 3.8) is 0 Å². The zero-order valence-electron chi connectivity index (χ0n) is 7.83. The molecule has 0 bridgehead atoms. The Morgan fingerprint density at radius 3 is 2.40 bits per heavy atom. The third-order valence-electron chi connectivity index (χ3n) is 2.51. The van der Waals surface area contributed by atoms with E-state index in [-0.39, 0.29) is 0 Å². The van der Waals surface area contributed by atoms with Crippen LogP contribution in [0.5, 0.6) is 0 Å². The molecular weight excluding hydrogens is 317 g/mol. The summed E-state index contributed by atoms with van der Waals surface area (Å²) < 4.78 is 3.84. The van der Waals surface area contributed by atoms with Gasteiger partial charge in [-0.25, -0.2) is 0 Å². The molecule has 0 radical (unpaired) electrons. The number of rotatable bonds is 0. The Labute approximate surface area is 105 Å². The van der Waals surface area contributed by atoms with Gasteiger partial charge in [0, 0.05) is 24.7 Å². The van der Waals surface area contributed by atoms with E-state index in [4.69, 9.17) is 5.73 Å². The fraction of sp³-hybridized carbons (Fsp3) is 0. The van der Waals surface area contributed by atoms with Crippen molar-refractivity contribution in [1.82, 2.24) is 0 Å². The number of benzene rings is 2. The zero-order chi connectivity index (χ0) is 10.4. The first-order chi connectivity index (χ1) is 7.27. The molecule has 0 aliphatic rings. The minimum Gasteiger partial charge on any atom is -0.398 e. The Morgan fingerprint density at radius 1 is 0.933 bits per heavy atom. The summed E-state index contributed by atoms with van der Waals surface area (Å²) in [7, 11) is 0. The largest absolute Gasteiger partial charge is 0.398 e. The smallest absolute Gasteiger partial charge is 0.0585 e. The lowest BCUT2D eigenvalue weighted by Crippen LogP contribution is -1.81. The van der Waals surface area contributed by atoms with Gasteiger partial charge in [-0.3, -0.25) is 0 Å². The normalized spacial score (nSPS) is 11.3. The first kappa shape index (κ1) is 9.42. The standard InChI is InChI=1S/C12H8INS/c13-9-5-1-3-7-8-4-2-6-10(14)12(8)15-11(7)9/h1-6H,14H2. The summed E-state index contributed by atoms with van der Waals surface area (Å²) in [5, 5.41) is 2.59. The van der Waals surface area contributed by atoms with Crippen LogP contribution in [0.4, 0.5) is 5.69 Å². The van der Waals surface area contributed by atoms with E-state index < -0.39 is 0 Å². The second-order valence-corrected chi connectivity index (χ2v) is 5.63. The summed E-state index contributed by atoms with van der Waals surface area (Å²) in [4.78, 5) is 0. The van der Waals surface area contributed by atoms with Gasteiger partial charge in [-0.1, -0.05) is 24.3 Å². The van der Waals surface area contributed by atoms with Crippen molar-refractivity contribution in [2.45, 2.75) is 0 Å². The fourth-order valence-electron chi connectivity index (χ4n) is 1.81. The van der Waals surface area contributed by atoms with Crippen molar-refractivity contribution in [1.29, 1.82) is 0 Å². The lowest BCUT2D eigenvalue weighted by molar-refractivity contribution is 1.79. The molecule has 0 aliphatic carbocycles. The minimum absolute atomic E-state index is 0.879. The summed E-state index contributed by atoms with van der Waals surface area (Å²) >= 11 is 4.16. The summed E-state index contributed by atoms with van der Waals surface area (Å²) in [5.74, 6) is 0. The van der Waals surface area contributed by atoms with Crippen molar-refractivity contribution in [2.75, 3.05) is 5.73 Å². The molecule has 0 saturated heterocycles. The molecule has 3 rings (SSSR count). The third kappa shape index (κ3) is 1.33. The van der Waals surface area contributed by atoms with Crippen LogP contribution in [0, 0.1) is 3.57 Å². The topological polar surface area (TPSA) is 26.0 Å². The molecule has 15 heavy (non-hydrogen) atoms. The number of hydrogen-bond acceptors (Lipinski definition) is 2. The molecular formula is C12H8INS. The van der Waals surface area contributed by atoms with Crippen molar-refractivity contribution in [3.8, 4) is 0 Å². The predicted octanol–water partition coefficient (Wildman–Crippen LogP) is 4.24. The monoisotopic (exact) mass is 325 g/mol. The Morgan fingerprint density at radius 2 is 1.60 bits per heavy atom. The molecule has 2 N–H and O–H groups in total. The summed E-state index contributed by atoms with van der Waals surface area (Å²) in [6.07, 6.45) is 0. The number of thiophene rings is 1. The van der Waals surface area contributed by atoms with Crippen LogP contribution in [0.2, 0.25) is 0 Å². The van der Waals surface area contributed by atoms with Gasteiger partial charge in [0.25, 0.3) is 0 Å². The Bertz CT molecular complexity index is 601. The first-order valence-electron chi connectivity index (χ1n) is 4.62. The molecule has 0 aliphatic heterocycles. The average Bonchev–Trinajstić information content (AvgIpc) is 2.60. The van der Waals surface area contributed by atoms with E-state index in [0.29, 0.717) is 0 Å². The maximum absolute atomic E-state index is 5.98. The molecule has 0 spiro atoms. The van der Waals surface area contributed by atoms with Gasteiger partial charge in [-0.05, 0) is 34.7 Å². The van der Waals surface area contributed by atoms with E-state index >= 15 is 0 Å². The molecule has 74 valence electrons. The van der Waals surface area contributed by atoms with Crippen molar-refractivity contribution in [3.05, 3.63) is 40.0 Å². The van der Waals surface area contributed by atoms with Gasteiger partial charge in [-0.2, -0.15) is 0 Å². The quantitative estimate of drug-likeness (QED) is 0.485. The average molecular weight is 325 g/mol. The maximum Gasteiger partial charge on any atom is 0.0585 e. The van der Waals surface area contributed by atoms with Gasteiger partial charge in [0.2, 0.25) is 0 Å². The molecule has 2 aromatic carbocycles. The highest BCUT2D eigenvalue weighted by atomic mass is 127. The molecule has 0 unspecified atom stereocenters. The highest BCUT2D eigenvalue weighted by Gasteiger charge is 2.08. The van der Waals surface area contributed by atoms with E-state index in [1.165, 1.54) is 23.7 Å². The first-order valence-corrected chi connectivity index (χ1v) is 6.52. The number of fused-ring (bicyclic) bond motifs is 3. The van der Waals surface area contributed by atoms with Gasteiger partial charge in [0.1, 0.15) is 0 Å². The molecule has 0 atom stereocenters. The van der Waals surface area contributed by atoms with Gasteiger partial charge >= 0.3 is 0 Å². The number of nitrogen functional groups attached to an aromatic ring is 1. The van der Waals surface area contributed by atoms with E-state index in [9.17, 15) is 0 Å². The molecule has 1 aromatic heterocycles. The van der Waals surface area contributed by atoms with Crippen LogP contribution >= 0.6 is 33.9 Å². The van der Waals surface area contributed by atoms with Crippen molar-refractivity contribution >= 4 is 59.8 Å². The maximum atomic E-state index is 5.98. The fourth-order valence-corrected chi connectivity index (χ4v) is 3.77. The molecule has 0 saturated carbocycles. The number of anilines is 1. The minimum atomic E-state index is 0.879. The van der Waals surface area contributed by atoms with Crippen LogP contribution in [-0.2, 0) is 0 Å². The van der Waals surface area contributed by atoms with E-state index in [1.807, 2.05) is 12.1 Å². The lowest BCUT2D eigenvalue weighted by atomic mass is 10.1. The molecule has 1 heterocycles. The second kappa shape index (κ2) is 3.35. The lowest BCUT2D eigenvalue weighted by Gasteiger charge is -1.94. The van der Waals surface area contributed by atoms with Crippen LogP contribution in [0.15, 0.2) is 36.4 Å². The van der Waals surface area contributed by atoms with E-state index in [0.717, 1.165) is 5.69 Å². The van der Waals surface area contributed by atoms with Crippen LogP contribution < -0.4 is 5.73 Å². The highest BCUT2D eigenvalue weighted by molar-refractivity contribution is 14.1. The zero-order valence-corrected chi connectivity index (χ0v) is 10.8. The van der Waals surface area contributed by atoms with Gasteiger partial charge < -0.3 is 5.73 Å². The SMILES string of the molecule is Nc1cccc2c1sc1c(I)cccc12. The molecule has 3 heteroatoms. The Hall–Kier alpha value is -0.810. The third-order valence-corrected chi connectivity index (χ3v) is 5.08. The summed E-state index contributed by atoms with van der Waals surface area (Å²) in [6.45, 7) is 0. The molecule has 0 amide bonds. The second-order valence-electron chi connectivity index (χ2n) is 3.44. The molecule has 0 fully saturated rings. The predicted molar refractivity (Wildman–Crippen MR) is 76.5 cm³/mol. The van der Waals surface area contributed by atoms with Crippen LogP contribution in [0.25, 0.3) is 20.2 Å². The number of nitrogens with two attached hydrogens (primary N) is 1. The summed E-state index contributed by atoms with van der Waals surface area (Å²) in [5.41, 5.74) is 6.86. The van der Waals surface area contributed by atoms with Gasteiger partial charge in [0.15, 0.2) is 0 Å². The van der Waals surface area contributed by atoms with Crippen LogP contribution in [0.3, 0.4) is 0 Å². The van der Waals surface area contributed by atoms with Crippen molar-refractivity contribution in [2.24, 2.45) is 0 Å². The van der Waals surface area contributed by atoms with Gasteiger partial charge in [-0.15, -0.1) is 11.3 Å². The van der Waals surface area contributed by atoms with E-state index in [1.54, 1.807) is 11.3 Å². The van der Waals surface area contributed by atoms with Crippen LogP contribution in [0.1, 0.15) is 0 Å². The summed E-state index contributed by atoms with van der Waals surface area (Å²) in [6, 6.07) is 12.5.